The van der Waals surface area contributed by atoms with Crippen LogP contribution in [0.2, 0.25) is 0 Å². The maximum atomic E-state index is 11.7. The van der Waals surface area contributed by atoms with E-state index in [-0.39, 0.29) is 38.4 Å². The van der Waals surface area contributed by atoms with Gasteiger partial charge in [0, 0.05) is 12.8 Å². The summed E-state index contributed by atoms with van der Waals surface area (Å²) in [5.41, 5.74) is 0. The lowest BCUT2D eigenvalue weighted by atomic mass is 10.0. The number of unbranched alkanes of at least 4 members (excludes halogenated alkanes) is 28. The Kier molecular flexibility index (Phi) is 57.1. The number of aliphatic hydroxyl groups is 4. The second kappa shape index (κ2) is 55.0. The van der Waals surface area contributed by atoms with Crippen LogP contribution in [0.4, 0.5) is 4.79 Å². The number of aliphatic hydroxyl groups excluding tert-OH is 4. The molecule has 2 unspecified atom stereocenters. The molecule has 0 aliphatic heterocycles. The van der Waals surface area contributed by atoms with Crippen molar-refractivity contribution in [3.05, 3.63) is 0 Å². The number of carbonyl (C=O) groups is 3. The summed E-state index contributed by atoms with van der Waals surface area (Å²) in [6.07, 6.45) is 37.7. The van der Waals surface area contributed by atoms with E-state index in [1.807, 2.05) is 0 Å². The Balaban J connectivity index is -0.000000958. The fourth-order valence-electron chi connectivity index (χ4n) is 6.37. The number of rotatable bonds is 42. The van der Waals surface area contributed by atoms with Crippen LogP contribution in [0.1, 0.15) is 219 Å². The molecule has 0 amide bonds. The third-order valence-electron chi connectivity index (χ3n) is 10.1. The number of esters is 2. The van der Waals surface area contributed by atoms with Crippen LogP contribution in [-0.4, -0.2) is 105 Å². The first-order valence-corrected chi connectivity index (χ1v) is 23.9. The van der Waals surface area contributed by atoms with Gasteiger partial charge in [-0.05, 0) is 12.8 Å². The van der Waals surface area contributed by atoms with Gasteiger partial charge in [0.15, 0.2) is 0 Å². The molecule has 0 rings (SSSR count). The minimum absolute atomic E-state index is 0.0259. The highest BCUT2D eigenvalue weighted by atomic mass is 16.7. The summed E-state index contributed by atoms with van der Waals surface area (Å²) in [6.45, 7) is 3.25. The molecule has 0 aromatic rings. The molecule has 0 aliphatic rings. The lowest BCUT2D eigenvalue weighted by Crippen LogP contribution is -2.27. The Morgan fingerprint density at radius 1 is 0.433 bits per heavy atom. The molecule has 360 valence electrons. The maximum Gasteiger partial charge on any atom is 0.507 e. The van der Waals surface area contributed by atoms with Gasteiger partial charge in [0.2, 0.25) is 0 Å². The largest absolute Gasteiger partial charge is 0.507 e. The number of methoxy groups -OCH3 is 2. The Labute approximate surface area is 366 Å². The molecule has 0 spiro atoms. The molecule has 0 radical (unpaired) electrons. The van der Waals surface area contributed by atoms with E-state index in [1.54, 1.807) is 0 Å². The van der Waals surface area contributed by atoms with Crippen molar-refractivity contribution in [2.75, 3.05) is 54.2 Å². The topological polar surface area (TPSA) is 188 Å². The van der Waals surface area contributed by atoms with Gasteiger partial charge in [0.1, 0.15) is 39.0 Å². The molecular weight excluding hydrogens is 773 g/mol. The van der Waals surface area contributed by atoms with Crippen LogP contribution in [0.25, 0.3) is 0 Å². The van der Waals surface area contributed by atoms with Crippen molar-refractivity contribution in [1.82, 2.24) is 0 Å². The summed E-state index contributed by atoms with van der Waals surface area (Å²) in [6, 6.07) is 0. The number of hydrogen-bond acceptors (Lipinski definition) is 13. The van der Waals surface area contributed by atoms with Crippen molar-refractivity contribution in [1.29, 1.82) is 0 Å². The predicted octanol–water partition coefficient (Wildman–Crippen LogP) is 10.6. The van der Waals surface area contributed by atoms with Gasteiger partial charge in [-0.3, -0.25) is 9.59 Å². The van der Waals surface area contributed by atoms with E-state index in [1.165, 1.54) is 181 Å². The smallest absolute Gasteiger partial charge is 0.463 e. The zero-order chi connectivity index (χ0) is 45.0. The Morgan fingerprint density at radius 2 is 0.750 bits per heavy atom. The quantitative estimate of drug-likeness (QED) is 0.0197. The van der Waals surface area contributed by atoms with Crippen molar-refractivity contribution in [2.24, 2.45) is 0 Å². The van der Waals surface area contributed by atoms with Gasteiger partial charge in [0.05, 0.1) is 27.4 Å². The third-order valence-corrected chi connectivity index (χ3v) is 10.1. The highest BCUT2D eigenvalue weighted by molar-refractivity contribution is 5.69. The van der Waals surface area contributed by atoms with Gasteiger partial charge in [-0.25, -0.2) is 4.79 Å². The van der Waals surface area contributed by atoms with E-state index in [2.05, 4.69) is 23.3 Å². The number of ether oxygens (including phenoxy) is 6. The Hall–Kier alpha value is -2.03. The molecule has 0 saturated heterocycles. The standard InChI is InChI=1S/C23H46O6.C21H42O4.C3H6O3/c1-2-3-4-5-6-7-8-9-10-11-12-13-14-15-16-17-23(26)28-19-22(29-21-25)18-27-20-24;1-2-3-4-5-6-7-8-9-10-11-12-13-14-15-16-17-21(24)25-19-20(23)18-22;1-5-3(4)6-2/h22,24-25H,2-21H2,1H3;20,22-23H,2-19H2,1H3;1-2H3. The molecule has 13 nitrogen and oxygen atoms in total. The van der Waals surface area contributed by atoms with E-state index in [4.69, 9.17) is 39.4 Å². The molecule has 0 aromatic carbocycles. The van der Waals surface area contributed by atoms with Gasteiger partial charge in [0.25, 0.3) is 0 Å². The predicted molar refractivity (Wildman–Crippen MR) is 239 cm³/mol. The van der Waals surface area contributed by atoms with Gasteiger partial charge in [-0.2, -0.15) is 0 Å². The van der Waals surface area contributed by atoms with Crippen LogP contribution in [0.5, 0.6) is 0 Å². The van der Waals surface area contributed by atoms with E-state index < -0.39 is 31.9 Å². The summed E-state index contributed by atoms with van der Waals surface area (Å²) in [5, 5.41) is 35.1. The summed E-state index contributed by atoms with van der Waals surface area (Å²) >= 11 is 0. The second-order valence-corrected chi connectivity index (χ2v) is 15.7. The number of carbonyl (C=O) groups excluding carboxylic acids is 3. The highest BCUT2D eigenvalue weighted by Gasteiger charge is 2.13. The van der Waals surface area contributed by atoms with Gasteiger partial charge < -0.3 is 48.8 Å². The first kappa shape index (κ1) is 62.3. The van der Waals surface area contributed by atoms with E-state index in [0.717, 1.165) is 25.7 Å². The zero-order valence-electron chi connectivity index (χ0n) is 39.0. The van der Waals surface area contributed by atoms with Gasteiger partial charge >= 0.3 is 18.1 Å². The summed E-state index contributed by atoms with van der Waals surface area (Å²) < 4.78 is 27.8. The minimum atomic E-state index is -0.954. The average Bonchev–Trinajstić information content (AvgIpc) is 3.26. The summed E-state index contributed by atoms with van der Waals surface area (Å²) in [7, 11) is 2.51. The van der Waals surface area contributed by atoms with Gasteiger partial charge in [-0.1, -0.05) is 194 Å². The van der Waals surface area contributed by atoms with Crippen molar-refractivity contribution in [3.63, 3.8) is 0 Å². The lowest BCUT2D eigenvalue weighted by Gasteiger charge is -2.16. The van der Waals surface area contributed by atoms with Crippen molar-refractivity contribution in [3.8, 4) is 0 Å². The molecule has 2 atom stereocenters. The lowest BCUT2D eigenvalue weighted by molar-refractivity contribution is -0.157. The Morgan fingerprint density at radius 3 is 1.02 bits per heavy atom. The first-order chi connectivity index (χ1) is 29.2. The van der Waals surface area contributed by atoms with Crippen LogP contribution < -0.4 is 0 Å². The van der Waals surface area contributed by atoms with Crippen molar-refractivity contribution >= 4 is 18.1 Å². The normalized spacial score (nSPS) is 11.7. The molecule has 4 N–H and O–H groups in total. The average molecular weight is 867 g/mol. The van der Waals surface area contributed by atoms with Crippen LogP contribution in [0.3, 0.4) is 0 Å². The fraction of sp³-hybridized carbons (Fsp3) is 0.936. The summed E-state index contributed by atoms with van der Waals surface area (Å²) in [4.78, 5) is 32.8. The van der Waals surface area contributed by atoms with Crippen LogP contribution in [0.15, 0.2) is 0 Å². The van der Waals surface area contributed by atoms with Gasteiger partial charge in [-0.15, -0.1) is 0 Å². The van der Waals surface area contributed by atoms with E-state index in [0.29, 0.717) is 12.8 Å². The highest BCUT2D eigenvalue weighted by Crippen LogP contribution is 2.15. The van der Waals surface area contributed by atoms with E-state index >= 15 is 0 Å². The third kappa shape index (κ3) is 56.0. The second-order valence-electron chi connectivity index (χ2n) is 15.7. The van der Waals surface area contributed by atoms with Crippen molar-refractivity contribution in [2.45, 2.75) is 232 Å². The zero-order valence-corrected chi connectivity index (χ0v) is 39.0. The molecule has 0 bridgehead atoms. The molecule has 60 heavy (non-hydrogen) atoms. The fourth-order valence-corrected chi connectivity index (χ4v) is 6.37. The molecule has 0 aliphatic carbocycles. The summed E-state index contributed by atoms with van der Waals surface area (Å²) in [5.74, 6) is -0.530. The monoisotopic (exact) mass is 867 g/mol. The molecule has 13 heteroatoms. The number of hydrogen-bond donors (Lipinski definition) is 4. The first-order valence-electron chi connectivity index (χ1n) is 23.9. The van der Waals surface area contributed by atoms with Crippen LogP contribution in [-0.2, 0) is 38.0 Å². The van der Waals surface area contributed by atoms with E-state index in [9.17, 15) is 14.4 Å². The molecule has 0 fully saturated rings. The molecule has 0 heterocycles. The van der Waals surface area contributed by atoms with Crippen LogP contribution >= 0.6 is 0 Å². The molecular formula is C47H94O13. The SMILES string of the molecule is CCCCCCCCCCCCCCCCCC(=O)OCC(COCO)OCO.CCCCCCCCCCCCCCCCCC(=O)OCC(O)CO.COC(=O)OC. The van der Waals surface area contributed by atoms with Crippen molar-refractivity contribution < 1.29 is 63.2 Å². The minimum Gasteiger partial charge on any atom is -0.463 e. The maximum absolute atomic E-state index is 11.7. The molecule has 0 saturated carbocycles. The Bertz CT molecular complexity index is 855. The van der Waals surface area contributed by atoms with Crippen LogP contribution in [0, 0.1) is 0 Å². The molecule has 0 aromatic heterocycles.